The lowest BCUT2D eigenvalue weighted by molar-refractivity contribution is -0.119. The van der Waals surface area contributed by atoms with Gasteiger partial charge in [-0.1, -0.05) is 66.4 Å². The van der Waals surface area contributed by atoms with Gasteiger partial charge in [0.15, 0.2) is 15.0 Å². The maximum atomic E-state index is 12.5. The molecule has 2 aromatic carbocycles. The van der Waals surface area contributed by atoms with Gasteiger partial charge in [-0.15, -0.1) is 10.2 Å². The molecule has 174 valence electrons. The summed E-state index contributed by atoms with van der Waals surface area (Å²) in [5.74, 6) is 1.47. The molecule has 0 radical (unpaired) electrons. The first-order valence-electron chi connectivity index (χ1n) is 11.0. The van der Waals surface area contributed by atoms with Gasteiger partial charge in [0, 0.05) is 13.5 Å². The Hall–Kier alpha value is -2.65. The fourth-order valence-corrected chi connectivity index (χ4v) is 6.63. The van der Waals surface area contributed by atoms with Crippen LogP contribution in [0.1, 0.15) is 30.8 Å². The molecule has 33 heavy (non-hydrogen) atoms. The summed E-state index contributed by atoms with van der Waals surface area (Å²) < 4.78 is 25.2. The summed E-state index contributed by atoms with van der Waals surface area (Å²) in [5.41, 5.74) is 3.34. The smallest absolute Gasteiger partial charge is 0.230 e. The Morgan fingerprint density at radius 3 is 2.48 bits per heavy atom. The second kappa shape index (κ2) is 10.1. The predicted octanol–water partition coefficient (Wildman–Crippen LogP) is 3.43. The molecule has 4 rings (SSSR count). The molecule has 1 saturated heterocycles. The third-order valence-corrected chi connectivity index (χ3v) is 8.81. The van der Waals surface area contributed by atoms with E-state index in [0.717, 1.165) is 22.5 Å². The fraction of sp³-hybridized carbons (Fsp3) is 0.375. The van der Waals surface area contributed by atoms with Crippen LogP contribution in [-0.4, -0.2) is 46.3 Å². The Labute approximate surface area is 198 Å². The minimum absolute atomic E-state index is 0.0777. The van der Waals surface area contributed by atoms with Crippen molar-refractivity contribution in [3.8, 4) is 11.1 Å². The van der Waals surface area contributed by atoms with Crippen molar-refractivity contribution in [1.82, 2.24) is 20.1 Å². The van der Waals surface area contributed by atoms with Crippen LogP contribution in [-0.2, 0) is 28.1 Å². The van der Waals surface area contributed by atoms with Crippen molar-refractivity contribution < 1.29 is 13.2 Å². The first-order valence-corrected chi connectivity index (χ1v) is 13.8. The molecule has 0 aliphatic carbocycles. The molecule has 1 aliphatic rings. The number of nitrogens with zero attached hydrogens (tertiary/aromatic N) is 3. The third-order valence-electron chi connectivity index (χ3n) is 5.95. The normalized spacial score (nSPS) is 18.2. The number of carbonyl (C=O) groups excluding carboxylic acids is 1. The van der Waals surface area contributed by atoms with E-state index >= 15 is 0 Å². The first kappa shape index (κ1) is 23.5. The van der Waals surface area contributed by atoms with Gasteiger partial charge in [-0.05, 0) is 36.0 Å². The molecule has 1 aromatic heterocycles. The van der Waals surface area contributed by atoms with Crippen molar-refractivity contribution in [2.45, 2.75) is 31.0 Å². The lowest BCUT2D eigenvalue weighted by Gasteiger charge is -2.15. The van der Waals surface area contributed by atoms with Crippen LogP contribution in [0, 0.1) is 5.92 Å². The highest BCUT2D eigenvalue weighted by molar-refractivity contribution is 7.99. The maximum absolute atomic E-state index is 12.5. The summed E-state index contributed by atoms with van der Waals surface area (Å²) in [6.07, 6.45) is 1.26. The van der Waals surface area contributed by atoms with Crippen LogP contribution >= 0.6 is 11.8 Å². The largest absolute Gasteiger partial charge is 0.349 e. The van der Waals surface area contributed by atoms with E-state index < -0.39 is 9.84 Å². The molecule has 3 aromatic rings. The summed E-state index contributed by atoms with van der Waals surface area (Å²) in [4.78, 5) is 12.5. The summed E-state index contributed by atoms with van der Waals surface area (Å²) in [6.45, 7) is 1.97. The summed E-state index contributed by atoms with van der Waals surface area (Å²) in [5, 5.41) is 12.1. The number of hydrogen-bond acceptors (Lipinski definition) is 6. The number of nitrogens with one attached hydrogen (secondary N) is 1. The van der Waals surface area contributed by atoms with Crippen molar-refractivity contribution in [3.63, 3.8) is 0 Å². The quantitative estimate of drug-likeness (QED) is 0.493. The molecule has 1 fully saturated rings. The minimum Gasteiger partial charge on any atom is -0.349 e. The van der Waals surface area contributed by atoms with E-state index in [-0.39, 0.29) is 35.1 Å². The summed E-state index contributed by atoms with van der Waals surface area (Å²) in [7, 11) is -1.05. The van der Waals surface area contributed by atoms with Crippen LogP contribution in [0.3, 0.4) is 0 Å². The maximum Gasteiger partial charge on any atom is 0.230 e. The van der Waals surface area contributed by atoms with E-state index in [9.17, 15) is 13.2 Å². The Morgan fingerprint density at radius 2 is 1.82 bits per heavy atom. The van der Waals surface area contributed by atoms with E-state index in [0.29, 0.717) is 18.0 Å². The average Bonchev–Trinajstić information content (AvgIpc) is 3.34. The van der Waals surface area contributed by atoms with Gasteiger partial charge in [0.25, 0.3) is 0 Å². The highest BCUT2D eigenvalue weighted by Gasteiger charge is 2.29. The number of amides is 1. The monoisotopic (exact) mass is 484 g/mol. The minimum atomic E-state index is -2.91. The van der Waals surface area contributed by atoms with Gasteiger partial charge in [-0.25, -0.2) is 8.42 Å². The molecule has 2 atom stereocenters. The van der Waals surface area contributed by atoms with Gasteiger partial charge in [0.1, 0.15) is 5.82 Å². The van der Waals surface area contributed by atoms with E-state index in [1.165, 1.54) is 11.8 Å². The van der Waals surface area contributed by atoms with Gasteiger partial charge in [0.2, 0.25) is 5.91 Å². The zero-order chi connectivity index (χ0) is 23.4. The van der Waals surface area contributed by atoms with Crippen LogP contribution in [0.5, 0.6) is 0 Å². The second-order valence-electron chi connectivity index (χ2n) is 8.50. The molecule has 1 amide bonds. The molecule has 0 unspecified atom stereocenters. The van der Waals surface area contributed by atoms with Crippen LogP contribution in [0.4, 0.5) is 0 Å². The second-order valence-corrected chi connectivity index (χ2v) is 11.7. The molecular formula is C24H28N4O3S2. The fourth-order valence-electron chi connectivity index (χ4n) is 4.03. The highest BCUT2D eigenvalue weighted by atomic mass is 32.2. The molecule has 0 saturated carbocycles. The standard InChI is InChI=1S/C24H28N4O3S2/c1-17(19-8-10-21(11-9-19)20-6-4-3-5-7-20)25-23(29)15-32-24-27-26-22(28(24)2)14-18-12-13-33(30,31)16-18/h3-11,17-18H,12-16H2,1-2H3,(H,25,29)/t17-,18-/m0/s1. The Bertz CT molecular complexity index is 1210. The molecule has 2 heterocycles. The number of sulfone groups is 1. The van der Waals surface area contributed by atoms with Gasteiger partial charge >= 0.3 is 0 Å². The van der Waals surface area contributed by atoms with Crippen LogP contribution < -0.4 is 5.32 Å². The molecular weight excluding hydrogens is 456 g/mol. The van der Waals surface area contributed by atoms with E-state index in [2.05, 4.69) is 39.8 Å². The number of aromatic nitrogens is 3. The lowest BCUT2D eigenvalue weighted by Crippen LogP contribution is -2.28. The van der Waals surface area contributed by atoms with E-state index in [1.807, 2.05) is 48.9 Å². The number of thioether (sulfide) groups is 1. The highest BCUT2D eigenvalue weighted by Crippen LogP contribution is 2.24. The van der Waals surface area contributed by atoms with Crippen molar-refractivity contribution in [2.24, 2.45) is 13.0 Å². The topological polar surface area (TPSA) is 94.0 Å². The van der Waals surface area contributed by atoms with Crippen LogP contribution in [0.25, 0.3) is 11.1 Å². The Balaban J connectivity index is 1.28. The van der Waals surface area contributed by atoms with Crippen molar-refractivity contribution >= 4 is 27.5 Å². The van der Waals surface area contributed by atoms with Crippen LogP contribution in [0.2, 0.25) is 0 Å². The molecule has 9 heteroatoms. The van der Waals surface area contributed by atoms with Gasteiger partial charge in [-0.2, -0.15) is 0 Å². The van der Waals surface area contributed by atoms with Crippen LogP contribution in [0.15, 0.2) is 59.8 Å². The predicted molar refractivity (Wildman–Crippen MR) is 131 cm³/mol. The van der Waals surface area contributed by atoms with E-state index in [4.69, 9.17) is 0 Å². The van der Waals surface area contributed by atoms with Crippen molar-refractivity contribution in [2.75, 3.05) is 17.3 Å². The molecule has 1 aliphatic heterocycles. The molecule has 0 bridgehead atoms. The average molecular weight is 485 g/mol. The van der Waals surface area contributed by atoms with Crippen molar-refractivity contribution in [1.29, 1.82) is 0 Å². The molecule has 0 spiro atoms. The third kappa shape index (κ3) is 6.03. The number of carbonyl (C=O) groups is 1. The lowest BCUT2D eigenvalue weighted by atomic mass is 10.0. The van der Waals surface area contributed by atoms with Gasteiger partial charge < -0.3 is 9.88 Å². The molecule has 7 nitrogen and oxygen atoms in total. The summed E-state index contributed by atoms with van der Waals surface area (Å²) in [6, 6.07) is 18.3. The van der Waals surface area contributed by atoms with Crippen molar-refractivity contribution in [3.05, 3.63) is 66.0 Å². The zero-order valence-corrected chi connectivity index (χ0v) is 20.4. The Kier molecular flexibility index (Phi) is 7.19. The number of hydrogen-bond donors (Lipinski definition) is 1. The summed E-state index contributed by atoms with van der Waals surface area (Å²) >= 11 is 1.33. The number of rotatable bonds is 8. The zero-order valence-electron chi connectivity index (χ0n) is 18.8. The van der Waals surface area contributed by atoms with E-state index in [1.54, 1.807) is 0 Å². The SMILES string of the molecule is C[C@H](NC(=O)CSc1nnc(C[C@@H]2CCS(=O)(=O)C2)n1C)c1ccc(-c2ccccc2)cc1. The van der Waals surface area contributed by atoms with Gasteiger partial charge in [0.05, 0.1) is 23.3 Å². The Morgan fingerprint density at radius 1 is 1.12 bits per heavy atom. The first-order chi connectivity index (χ1) is 15.8. The van der Waals surface area contributed by atoms with Gasteiger partial charge in [-0.3, -0.25) is 4.79 Å². The molecule has 1 N–H and O–H groups in total. The number of benzene rings is 2.